The molecule has 0 aliphatic rings. The first-order valence-electron chi connectivity index (χ1n) is 5.31. The molecule has 4 N–H and O–H groups in total. The highest BCUT2D eigenvalue weighted by atomic mass is 32.2. The van der Waals surface area contributed by atoms with Crippen LogP contribution in [-0.4, -0.2) is 40.8 Å². The quantitative estimate of drug-likeness (QED) is 0.278. The molecule has 0 aliphatic heterocycles. The summed E-state index contributed by atoms with van der Waals surface area (Å²) in [5.74, 6) is -2.36. The van der Waals surface area contributed by atoms with E-state index in [1.165, 1.54) is 0 Å². The summed E-state index contributed by atoms with van der Waals surface area (Å²) in [4.78, 5) is 31.2. The van der Waals surface area contributed by atoms with E-state index in [1.54, 1.807) is 0 Å². The molecule has 1 rings (SSSR count). The second-order valence-electron chi connectivity index (χ2n) is 4.02. The van der Waals surface area contributed by atoms with E-state index in [4.69, 9.17) is 15.4 Å². The number of carboxylic acid groups (broad SMARTS) is 1. The highest BCUT2D eigenvalue weighted by molar-refractivity contribution is 7.85. The molecule has 0 spiro atoms. The summed E-state index contributed by atoms with van der Waals surface area (Å²) >= 11 is 0. The largest absolute Gasteiger partial charge is 0.480 e. The Labute approximate surface area is 118 Å². The molecule has 0 aliphatic carbocycles. The second kappa shape index (κ2) is 5.95. The van der Waals surface area contributed by atoms with E-state index in [0.29, 0.717) is 12.1 Å². The number of nitro groups is 1. The molecule has 10 nitrogen and oxygen atoms in total. The van der Waals surface area contributed by atoms with Crippen LogP contribution in [0.5, 0.6) is 0 Å². The van der Waals surface area contributed by atoms with Gasteiger partial charge in [0.1, 0.15) is 10.9 Å². The number of benzene rings is 1. The van der Waals surface area contributed by atoms with Crippen LogP contribution in [0.4, 0.5) is 5.69 Å². The van der Waals surface area contributed by atoms with E-state index in [-0.39, 0.29) is 0 Å². The highest BCUT2D eigenvalue weighted by Crippen LogP contribution is 2.22. The third kappa shape index (κ3) is 4.30. The summed E-state index contributed by atoms with van der Waals surface area (Å²) in [5.41, 5.74) is 3.98. The monoisotopic (exact) mass is 318 g/mol. The van der Waals surface area contributed by atoms with E-state index in [9.17, 15) is 28.1 Å². The van der Waals surface area contributed by atoms with Gasteiger partial charge < -0.3 is 10.8 Å². The minimum Gasteiger partial charge on any atom is -0.480 e. The van der Waals surface area contributed by atoms with Crippen LogP contribution in [0.2, 0.25) is 0 Å². The van der Waals surface area contributed by atoms with Gasteiger partial charge >= 0.3 is 5.97 Å². The van der Waals surface area contributed by atoms with Crippen LogP contribution in [-0.2, 0) is 14.9 Å². The lowest BCUT2D eigenvalue weighted by atomic mass is 10.0. The van der Waals surface area contributed by atoms with Crippen molar-refractivity contribution < 1.29 is 32.6 Å². The average molecular weight is 318 g/mol. The molecule has 0 aromatic heterocycles. The lowest BCUT2D eigenvalue weighted by Crippen LogP contribution is -2.32. The van der Waals surface area contributed by atoms with Crippen LogP contribution >= 0.6 is 0 Å². The average Bonchev–Trinajstić information content (AvgIpc) is 2.36. The summed E-state index contributed by atoms with van der Waals surface area (Å²) in [5, 5.41) is 19.3. The van der Waals surface area contributed by atoms with Gasteiger partial charge in [0.15, 0.2) is 5.78 Å². The SMILES string of the molecule is NC(CC(=O)c1cc([N+](=O)[O-])cc(S(=O)(=O)O)c1)C(=O)O. The number of nitrogens with zero attached hydrogens (tertiary/aromatic N) is 1. The van der Waals surface area contributed by atoms with Crippen LogP contribution in [0.25, 0.3) is 0 Å². The number of nitro benzene ring substituents is 1. The van der Waals surface area contributed by atoms with Gasteiger partial charge in [0.25, 0.3) is 15.8 Å². The Bertz CT molecular complexity index is 712. The van der Waals surface area contributed by atoms with Crippen molar-refractivity contribution in [1.82, 2.24) is 0 Å². The number of ketones is 1. The fourth-order valence-electron chi connectivity index (χ4n) is 1.40. The van der Waals surface area contributed by atoms with Crippen molar-refractivity contribution in [3.8, 4) is 0 Å². The number of Topliss-reactive ketones (excluding diaryl/α,β-unsaturated/α-hetero) is 1. The molecule has 0 amide bonds. The number of hydrogen-bond donors (Lipinski definition) is 3. The smallest absolute Gasteiger partial charge is 0.320 e. The van der Waals surface area contributed by atoms with Gasteiger partial charge in [-0.1, -0.05) is 0 Å². The molecular weight excluding hydrogens is 308 g/mol. The topological polar surface area (TPSA) is 178 Å². The minimum atomic E-state index is -4.76. The minimum absolute atomic E-state index is 0.437. The first-order valence-corrected chi connectivity index (χ1v) is 6.75. The summed E-state index contributed by atoms with van der Waals surface area (Å²) < 4.78 is 30.9. The lowest BCUT2D eigenvalue weighted by molar-refractivity contribution is -0.385. The van der Waals surface area contributed by atoms with Crippen LogP contribution in [0.15, 0.2) is 23.1 Å². The standard InChI is InChI=1S/C10H10N2O8S/c11-8(10(14)15)4-9(13)5-1-6(12(16)17)3-7(2-5)21(18,19)20/h1-3,8H,4,11H2,(H,14,15)(H,18,19,20). The van der Waals surface area contributed by atoms with Gasteiger partial charge in [-0.15, -0.1) is 0 Å². The van der Waals surface area contributed by atoms with Crippen LogP contribution in [0.1, 0.15) is 16.8 Å². The van der Waals surface area contributed by atoms with Crippen LogP contribution < -0.4 is 5.73 Å². The van der Waals surface area contributed by atoms with Crippen molar-refractivity contribution >= 4 is 27.6 Å². The van der Waals surface area contributed by atoms with Gasteiger partial charge in [0.2, 0.25) is 0 Å². The zero-order chi connectivity index (χ0) is 16.4. The van der Waals surface area contributed by atoms with Crippen LogP contribution in [0.3, 0.4) is 0 Å². The number of non-ortho nitro benzene ring substituents is 1. The molecule has 114 valence electrons. The van der Waals surface area contributed by atoms with Gasteiger partial charge in [-0.05, 0) is 6.07 Å². The zero-order valence-corrected chi connectivity index (χ0v) is 11.1. The molecule has 11 heteroatoms. The Balaban J connectivity index is 3.29. The van der Waals surface area contributed by atoms with Crippen molar-refractivity contribution in [2.24, 2.45) is 5.73 Å². The summed E-state index contributed by atoms with van der Waals surface area (Å²) in [6, 6.07) is 0.514. The Kier molecular flexibility index (Phi) is 4.73. The summed E-state index contributed by atoms with van der Waals surface area (Å²) in [6.45, 7) is 0. The first-order chi connectivity index (χ1) is 9.52. The number of carbonyl (C=O) groups excluding carboxylic acids is 1. The predicted molar refractivity (Wildman–Crippen MR) is 67.5 cm³/mol. The van der Waals surface area contributed by atoms with Crippen molar-refractivity contribution in [1.29, 1.82) is 0 Å². The molecule has 0 radical (unpaired) electrons. The molecule has 21 heavy (non-hydrogen) atoms. The van der Waals surface area contributed by atoms with E-state index in [2.05, 4.69) is 0 Å². The number of nitrogens with two attached hydrogens (primary N) is 1. The molecule has 1 unspecified atom stereocenters. The number of rotatable bonds is 6. The van der Waals surface area contributed by atoms with Crippen LogP contribution in [0, 0.1) is 10.1 Å². The Morgan fingerprint density at radius 1 is 1.33 bits per heavy atom. The predicted octanol–water partition coefficient (Wildman–Crippen LogP) is -0.174. The molecule has 1 aromatic carbocycles. The molecule has 0 saturated carbocycles. The number of hydrogen-bond acceptors (Lipinski definition) is 7. The summed E-state index contributed by atoms with van der Waals surface area (Å²) in [6.07, 6.45) is -0.679. The maximum absolute atomic E-state index is 11.8. The van der Waals surface area contributed by atoms with Crippen molar-refractivity contribution in [2.45, 2.75) is 17.4 Å². The van der Waals surface area contributed by atoms with Gasteiger partial charge in [-0.25, -0.2) is 0 Å². The molecule has 1 atom stereocenters. The van der Waals surface area contributed by atoms with E-state index in [0.717, 1.165) is 6.07 Å². The molecule has 0 fully saturated rings. The normalized spacial score (nSPS) is 12.7. The first kappa shape index (κ1) is 16.7. The Morgan fingerprint density at radius 2 is 1.90 bits per heavy atom. The Hall–Kier alpha value is -2.37. The Morgan fingerprint density at radius 3 is 2.33 bits per heavy atom. The third-order valence-electron chi connectivity index (χ3n) is 2.44. The second-order valence-corrected chi connectivity index (χ2v) is 5.44. The maximum Gasteiger partial charge on any atom is 0.320 e. The zero-order valence-electron chi connectivity index (χ0n) is 10.3. The fourth-order valence-corrected chi connectivity index (χ4v) is 1.95. The van der Waals surface area contributed by atoms with E-state index < -0.39 is 55.4 Å². The fraction of sp³-hybridized carbons (Fsp3) is 0.200. The molecule has 0 saturated heterocycles. The van der Waals surface area contributed by atoms with Gasteiger partial charge in [-0.2, -0.15) is 8.42 Å². The van der Waals surface area contributed by atoms with Gasteiger partial charge in [0, 0.05) is 24.1 Å². The van der Waals surface area contributed by atoms with E-state index >= 15 is 0 Å². The molecule has 1 aromatic rings. The summed E-state index contributed by atoms with van der Waals surface area (Å²) in [7, 11) is -4.76. The third-order valence-corrected chi connectivity index (χ3v) is 3.28. The maximum atomic E-state index is 11.8. The molecule has 0 bridgehead atoms. The van der Waals surface area contributed by atoms with Gasteiger partial charge in [-0.3, -0.25) is 24.3 Å². The van der Waals surface area contributed by atoms with Crippen molar-refractivity contribution in [2.75, 3.05) is 0 Å². The molecular formula is C10H10N2O8S. The van der Waals surface area contributed by atoms with E-state index in [1.807, 2.05) is 0 Å². The van der Waals surface area contributed by atoms with Gasteiger partial charge in [0.05, 0.1) is 4.92 Å². The molecule has 0 heterocycles. The van der Waals surface area contributed by atoms with Crippen molar-refractivity contribution in [3.05, 3.63) is 33.9 Å². The number of carboxylic acids is 1. The van der Waals surface area contributed by atoms with Crippen molar-refractivity contribution in [3.63, 3.8) is 0 Å². The highest BCUT2D eigenvalue weighted by Gasteiger charge is 2.23. The lowest BCUT2D eigenvalue weighted by Gasteiger charge is -2.06. The number of carbonyl (C=O) groups is 2. The number of aliphatic carboxylic acids is 1.